The maximum absolute atomic E-state index is 9.71. The van der Waals surface area contributed by atoms with E-state index in [-0.39, 0.29) is 18.8 Å². The van der Waals surface area contributed by atoms with Gasteiger partial charge in [-0.15, -0.1) is 0 Å². The molecule has 3 rings (SSSR count). The molecule has 0 aromatic heterocycles. The van der Waals surface area contributed by atoms with Crippen LogP contribution in [0.15, 0.2) is 23.8 Å². The fraction of sp³-hybridized carbons (Fsp3) is 0.619. The van der Waals surface area contributed by atoms with Crippen LogP contribution in [-0.2, 0) is 25.2 Å². The number of hydrogen-bond acceptors (Lipinski definition) is 3. The van der Waals surface area contributed by atoms with Gasteiger partial charge in [0.2, 0.25) is 0 Å². The van der Waals surface area contributed by atoms with E-state index in [1.165, 1.54) is 17.5 Å². The largest absolute Gasteiger partial charge is 0.392 e. The Morgan fingerprint density at radius 3 is 2.50 bits per heavy atom. The Balaban J connectivity index is 2.03. The molecule has 1 aromatic rings. The van der Waals surface area contributed by atoms with Crippen LogP contribution in [0.4, 0.5) is 0 Å². The highest BCUT2D eigenvalue weighted by molar-refractivity contribution is 5.45. The summed E-state index contributed by atoms with van der Waals surface area (Å²) in [6.07, 6.45) is 6.82. The number of fused-ring (bicyclic) bond motifs is 3. The molecule has 1 aromatic carbocycles. The van der Waals surface area contributed by atoms with Crippen molar-refractivity contribution in [3.05, 3.63) is 46.0 Å². The topological polar surface area (TPSA) is 43.7 Å². The van der Waals surface area contributed by atoms with E-state index in [1.807, 2.05) is 0 Å². The van der Waals surface area contributed by atoms with E-state index in [9.17, 15) is 10.2 Å². The molecule has 132 valence electrons. The number of nitrogens with zero attached hydrogens (tertiary/aromatic N) is 1. The van der Waals surface area contributed by atoms with Crippen molar-refractivity contribution in [3.8, 4) is 0 Å². The van der Waals surface area contributed by atoms with E-state index < -0.39 is 0 Å². The van der Waals surface area contributed by atoms with Gasteiger partial charge in [0.15, 0.2) is 0 Å². The number of benzene rings is 1. The van der Waals surface area contributed by atoms with E-state index in [0.29, 0.717) is 5.92 Å². The maximum Gasteiger partial charge on any atom is 0.0685 e. The first-order valence-electron chi connectivity index (χ1n) is 9.34. The van der Waals surface area contributed by atoms with Gasteiger partial charge in [0.25, 0.3) is 0 Å². The summed E-state index contributed by atoms with van der Waals surface area (Å²) in [5.41, 5.74) is 6.12. The van der Waals surface area contributed by atoms with E-state index in [1.54, 1.807) is 5.57 Å². The van der Waals surface area contributed by atoms with E-state index >= 15 is 0 Å². The molecule has 2 aliphatic heterocycles. The molecule has 2 aliphatic rings. The molecular weight excluding hydrogens is 298 g/mol. The van der Waals surface area contributed by atoms with Crippen LogP contribution < -0.4 is 0 Å². The van der Waals surface area contributed by atoms with Crippen LogP contribution in [0.3, 0.4) is 0 Å². The van der Waals surface area contributed by atoms with Gasteiger partial charge in [-0.3, -0.25) is 4.90 Å². The summed E-state index contributed by atoms with van der Waals surface area (Å²) in [4.78, 5) is 2.66. The Morgan fingerprint density at radius 2 is 1.88 bits per heavy atom. The molecule has 2 heterocycles. The monoisotopic (exact) mass is 329 g/mol. The van der Waals surface area contributed by atoms with Crippen LogP contribution in [0.25, 0.3) is 0 Å². The van der Waals surface area contributed by atoms with Gasteiger partial charge in [0, 0.05) is 18.6 Å². The van der Waals surface area contributed by atoms with Gasteiger partial charge < -0.3 is 10.2 Å². The fourth-order valence-electron chi connectivity index (χ4n) is 4.64. The number of aliphatic hydroxyl groups is 2. The van der Waals surface area contributed by atoms with Crippen molar-refractivity contribution in [2.45, 2.75) is 65.2 Å². The summed E-state index contributed by atoms with van der Waals surface area (Å²) in [5, 5.41) is 19.3. The van der Waals surface area contributed by atoms with Gasteiger partial charge in [-0.1, -0.05) is 44.6 Å². The lowest BCUT2D eigenvalue weighted by Gasteiger charge is -2.51. The van der Waals surface area contributed by atoms with Crippen LogP contribution in [0.2, 0.25) is 0 Å². The molecule has 3 heteroatoms. The summed E-state index contributed by atoms with van der Waals surface area (Å²) in [5.74, 6) is 0.704. The Bertz CT molecular complexity index is 635. The minimum Gasteiger partial charge on any atom is -0.392 e. The predicted octanol–water partition coefficient (Wildman–Crippen LogP) is 3.51. The van der Waals surface area contributed by atoms with Crippen molar-refractivity contribution in [1.29, 1.82) is 0 Å². The standard InChI is InChI=1S/C21H31NO2/c1-4-21-7-5-16(9-15(2)3)12-22(21)8-6-17-10-18(13-23)19(14-24)11-20(17)21/h5,10-11,15,23-24H,4,6-9,12-14H2,1-3H3. The minimum absolute atomic E-state index is 0.00257. The number of rotatable bonds is 5. The normalized spacial score (nSPS) is 23.8. The molecule has 0 saturated heterocycles. The van der Waals surface area contributed by atoms with Crippen LogP contribution in [0.1, 0.15) is 62.3 Å². The van der Waals surface area contributed by atoms with E-state index in [0.717, 1.165) is 43.5 Å². The molecule has 0 radical (unpaired) electrons. The molecule has 0 spiro atoms. The quantitative estimate of drug-likeness (QED) is 0.813. The molecule has 1 unspecified atom stereocenters. The van der Waals surface area contributed by atoms with Crippen molar-refractivity contribution < 1.29 is 10.2 Å². The van der Waals surface area contributed by atoms with Crippen LogP contribution >= 0.6 is 0 Å². The smallest absolute Gasteiger partial charge is 0.0685 e. The second-order valence-electron chi connectivity index (χ2n) is 7.82. The summed E-state index contributed by atoms with van der Waals surface area (Å²) >= 11 is 0. The zero-order chi connectivity index (χ0) is 17.3. The predicted molar refractivity (Wildman–Crippen MR) is 97.7 cm³/mol. The Hall–Kier alpha value is -1.16. The van der Waals surface area contributed by atoms with Gasteiger partial charge in [-0.25, -0.2) is 0 Å². The van der Waals surface area contributed by atoms with E-state index in [2.05, 4.69) is 43.9 Å². The second kappa shape index (κ2) is 6.99. The first-order chi connectivity index (χ1) is 11.5. The van der Waals surface area contributed by atoms with Gasteiger partial charge in [0.1, 0.15) is 0 Å². The van der Waals surface area contributed by atoms with Gasteiger partial charge >= 0.3 is 0 Å². The Labute approximate surface area is 146 Å². The molecule has 0 saturated carbocycles. The third-order valence-corrected chi connectivity index (χ3v) is 5.90. The van der Waals surface area contributed by atoms with Crippen molar-refractivity contribution >= 4 is 0 Å². The highest BCUT2D eigenvalue weighted by Gasteiger charge is 2.42. The van der Waals surface area contributed by atoms with Crippen LogP contribution in [-0.4, -0.2) is 28.2 Å². The lowest BCUT2D eigenvalue weighted by Crippen LogP contribution is -2.52. The first-order valence-corrected chi connectivity index (χ1v) is 9.34. The van der Waals surface area contributed by atoms with Crippen LogP contribution in [0, 0.1) is 5.92 Å². The third-order valence-electron chi connectivity index (χ3n) is 5.90. The average molecular weight is 329 g/mol. The van der Waals surface area contributed by atoms with Gasteiger partial charge in [0.05, 0.1) is 13.2 Å². The zero-order valence-electron chi connectivity index (χ0n) is 15.3. The van der Waals surface area contributed by atoms with Crippen molar-refractivity contribution in [1.82, 2.24) is 4.90 Å². The second-order valence-corrected chi connectivity index (χ2v) is 7.82. The molecule has 24 heavy (non-hydrogen) atoms. The molecule has 1 atom stereocenters. The fourth-order valence-corrected chi connectivity index (χ4v) is 4.64. The minimum atomic E-state index is -0.00257. The molecule has 0 bridgehead atoms. The van der Waals surface area contributed by atoms with Gasteiger partial charge in [-0.05, 0) is 53.9 Å². The van der Waals surface area contributed by atoms with Crippen molar-refractivity contribution in [2.24, 2.45) is 5.92 Å². The SMILES string of the molecule is CCC12CC=C(CC(C)C)CN1CCc1cc(CO)c(CO)cc12. The lowest BCUT2D eigenvalue weighted by atomic mass is 9.72. The highest BCUT2D eigenvalue weighted by Crippen LogP contribution is 2.45. The first kappa shape index (κ1) is 17.7. The molecule has 0 amide bonds. The number of hydrogen-bond donors (Lipinski definition) is 2. The summed E-state index contributed by atoms with van der Waals surface area (Å²) in [6, 6.07) is 4.29. The highest BCUT2D eigenvalue weighted by atomic mass is 16.3. The lowest BCUT2D eigenvalue weighted by molar-refractivity contribution is 0.0697. The van der Waals surface area contributed by atoms with Crippen LogP contribution in [0.5, 0.6) is 0 Å². The molecule has 2 N–H and O–H groups in total. The van der Waals surface area contributed by atoms with E-state index in [4.69, 9.17) is 0 Å². The molecule has 0 aliphatic carbocycles. The average Bonchev–Trinajstić information content (AvgIpc) is 2.59. The molecular formula is C21H31NO2. The van der Waals surface area contributed by atoms with Crippen molar-refractivity contribution in [3.63, 3.8) is 0 Å². The zero-order valence-corrected chi connectivity index (χ0v) is 15.3. The Kier molecular flexibility index (Phi) is 5.14. The summed E-state index contributed by atoms with van der Waals surface area (Å²) in [7, 11) is 0. The third kappa shape index (κ3) is 2.94. The van der Waals surface area contributed by atoms with Gasteiger partial charge in [-0.2, -0.15) is 0 Å². The summed E-state index contributed by atoms with van der Waals surface area (Å²) in [6.45, 7) is 9.01. The Morgan fingerprint density at radius 1 is 1.17 bits per heavy atom. The number of aliphatic hydroxyl groups excluding tert-OH is 2. The maximum atomic E-state index is 9.71. The van der Waals surface area contributed by atoms with Crippen molar-refractivity contribution in [2.75, 3.05) is 13.1 Å². The molecule has 0 fully saturated rings. The summed E-state index contributed by atoms with van der Waals surface area (Å²) < 4.78 is 0. The molecule has 3 nitrogen and oxygen atoms in total.